The smallest absolute Gasteiger partial charge is 0.344 e. The van der Waals surface area contributed by atoms with Crippen molar-refractivity contribution in [3.05, 3.63) is 71.7 Å². The lowest BCUT2D eigenvalue weighted by atomic mass is 10.0. The van der Waals surface area contributed by atoms with Crippen LogP contribution in [0.2, 0.25) is 0 Å². The molecule has 0 saturated heterocycles. The lowest BCUT2D eigenvalue weighted by molar-refractivity contribution is -0.178. The van der Waals surface area contributed by atoms with Crippen LogP contribution in [0.4, 0.5) is 0 Å². The Bertz CT molecular complexity index is 1410. The number of hydrogen-bond donors (Lipinski definition) is 2. The highest BCUT2D eigenvalue weighted by molar-refractivity contribution is 6.17. The van der Waals surface area contributed by atoms with Gasteiger partial charge in [-0.3, -0.25) is 5.41 Å². The van der Waals surface area contributed by atoms with Gasteiger partial charge in [-0.25, -0.2) is 0 Å². The number of nitriles is 1. The van der Waals surface area contributed by atoms with E-state index in [4.69, 9.17) is 9.83 Å². The van der Waals surface area contributed by atoms with Gasteiger partial charge in [0.05, 0.1) is 10.9 Å². The third-order valence-corrected chi connectivity index (χ3v) is 4.59. The average molecular weight is 337 g/mol. The third kappa shape index (κ3) is 1.96. The number of rotatable bonds is 1. The van der Waals surface area contributed by atoms with Gasteiger partial charge in [-0.05, 0) is 22.7 Å². The van der Waals surface area contributed by atoms with Crippen molar-refractivity contribution in [2.24, 2.45) is 0 Å². The Morgan fingerprint density at radius 3 is 2.58 bits per heavy atom. The summed E-state index contributed by atoms with van der Waals surface area (Å²) in [7, 11) is 0. The van der Waals surface area contributed by atoms with Crippen molar-refractivity contribution >= 4 is 33.0 Å². The molecule has 2 aromatic carbocycles. The Labute approximate surface area is 147 Å². The second-order valence-corrected chi connectivity index (χ2v) is 6.10. The number of aromatic amines is 1. The van der Waals surface area contributed by atoms with Gasteiger partial charge in [-0.1, -0.05) is 48.5 Å². The van der Waals surface area contributed by atoms with E-state index in [0.717, 1.165) is 33.0 Å². The third-order valence-electron chi connectivity index (χ3n) is 4.59. The standard InChI is InChI=1S/C21H12N4O/c22-11-15-19-18-14(10-16(24-19)12-6-2-1-3-7-12)13-8-4-5-9-17(13)26-21(18)25-20(15)23/h1-10,23-24H/p+1. The highest BCUT2D eigenvalue weighted by Gasteiger charge is 2.21. The summed E-state index contributed by atoms with van der Waals surface area (Å²) in [4.78, 5) is 7.68. The Hall–Kier alpha value is -3.91. The van der Waals surface area contributed by atoms with Crippen molar-refractivity contribution in [3.8, 4) is 17.3 Å². The van der Waals surface area contributed by atoms with Crippen molar-refractivity contribution in [3.63, 3.8) is 0 Å². The van der Waals surface area contributed by atoms with E-state index in [2.05, 4.69) is 22.1 Å². The van der Waals surface area contributed by atoms with E-state index in [0.29, 0.717) is 16.8 Å². The molecule has 0 aliphatic carbocycles. The van der Waals surface area contributed by atoms with Crippen LogP contribution in [-0.4, -0.2) is 9.97 Å². The second kappa shape index (κ2) is 5.30. The second-order valence-electron chi connectivity index (χ2n) is 6.10. The molecule has 0 bridgehead atoms. The largest absolute Gasteiger partial charge is 0.419 e. The summed E-state index contributed by atoms with van der Waals surface area (Å²) in [5, 5.41) is 18.3. The molecule has 3 N–H and O–H groups in total. The Kier molecular flexibility index (Phi) is 2.94. The summed E-state index contributed by atoms with van der Waals surface area (Å²) in [6.45, 7) is 0. The maximum Gasteiger partial charge on any atom is 0.344 e. The molecule has 26 heavy (non-hydrogen) atoms. The van der Waals surface area contributed by atoms with E-state index < -0.39 is 0 Å². The van der Waals surface area contributed by atoms with E-state index in [1.165, 1.54) is 0 Å². The molecule has 0 spiro atoms. The Morgan fingerprint density at radius 1 is 1.00 bits per heavy atom. The zero-order chi connectivity index (χ0) is 17.7. The number of pyridine rings is 2. The number of nitrogens with one attached hydrogen (secondary N) is 1. The van der Waals surface area contributed by atoms with E-state index in [-0.39, 0.29) is 5.49 Å². The number of nitrogens with zero attached hydrogens (tertiary/aromatic N) is 2. The van der Waals surface area contributed by atoms with Gasteiger partial charge in [-0.15, -0.1) is 0 Å². The normalized spacial score (nSPS) is 11.2. The first-order valence-electron chi connectivity index (χ1n) is 8.18. The van der Waals surface area contributed by atoms with Crippen LogP contribution in [0.3, 0.4) is 0 Å². The van der Waals surface area contributed by atoms with E-state index >= 15 is 0 Å². The minimum atomic E-state index is 0.154. The van der Waals surface area contributed by atoms with Gasteiger partial charge in [0.1, 0.15) is 11.7 Å². The maximum atomic E-state index is 9.61. The molecule has 0 aliphatic heterocycles. The molecule has 0 radical (unpaired) electrons. The fourth-order valence-corrected chi connectivity index (χ4v) is 3.40. The fraction of sp³-hybridized carbons (Fsp3) is 0. The van der Waals surface area contributed by atoms with Crippen molar-refractivity contribution < 1.29 is 9.83 Å². The highest BCUT2D eigenvalue weighted by Crippen LogP contribution is 2.34. The van der Waals surface area contributed by atoms with Crippen molar-refractivity contribution in [1.82, 2.24) is 9.97 Å². The summed E-state index contributed by atoms with van der Waals surface area (Å²) in [5.74, 6) is 0. The van der Waals surface area contributed by atoms with E-state index in [1.54, 1.807) is 0 Å². The molecule has 0 saturated carbocycles. The molecule has 0 unspecified atom stereocenters. The zero-order valence-electron chi connectivity index (χ0n) is 13.7. The first kappa shape index (κ1) is 14.4. The number of para-hydroxylation sites is 1. The SMILES string of the molecule is N#Cc1c(=[NH2+])nc2oc3ccccc3c3cc(-c4ccccc4)[nH]c1c23. The van der Waals surface area contributed by atoms with Crippen LogP contribution >= 0.6 is 0 Å². The molecule has 5 rings (SSSR count). The number of aromatic nitrogens is 2. The molecule has 3 aromatic heterocycles. The molecule has 5 heteroatoms. The van der Waals surface area contributed by atoms with Gasteiger partial charge in [0.15, 0.2) is 5.56 Å². The predicted molar refractivity (Wildman–Crippen MR) is 98.6 cm³/mol. The molecule has 5 aromatic rings. The molecule has 0 aliphatic rings. The highest BCUT2D eigenvalue weighted by atomic mass is 16.3. The minimum absolute atomic E-state index is 0.154. The maximum absolute atomic E-state index is 9.61. The van der Waals surface area contributed by atoms with Gasteiger partial charge >= 0.3 is 11.2 Å². The predicted octanol–water partition coefficient (Wildman–Crippen LogP) is 2.66. The first-order valence-corrected chi connectivity index (χ1v) is 8.18. The number of hydrogen-bond acceptors (Lipinski definition) is 3. The minimum Gasteiger partial charge on any atom is -0.419 e. The van der Waals surface area contributed by atoms with Crippen molar-refractivity contribution in [2.75, 3.05) is 0 Å². The van der Waals surface area contributed by atoms with Crippen LogP contribution < -0.4 is 10.9 Å². The van der Waals surface area contributed by atoms with Crippen molar-refractivity contribution in [2.45, 2.75) is 0 Å². The molecular formula is C21H13N4O+. The molecule has 0 fully saturated rings. The number of nitrogens with two attached hydrogens (primary N) is 1. The monoisotopic (exact) mass is 337 g/mol. The van der Waals surface area contributed by atoms with Crippen LogP contribution in [0, 0.1) is 11.3 Å². The number of H-pyrrole nitrogens is 1. The molecule has 0 atom stereocenters. The van der Waals surface area contributed by atoms with Crippen LogP contribution in [0.5, 0.6) is 0 Å². The summed E-state index contributed by atoms with van der Waals surface area (Å²) >= 11 is 0. The summed E-state index contributed by atoms with van der Waals surface area (Å²) in [6.07, 6.45) is 0. The average Bonchev–Trinajstić information content (AvgIpc) is 2.68. The Balaban J connectivity index is 2.08. The van der Waals surface area contributed by atoms with Gasteiger partial charge in [0.25, 0.3) is 0 Å². The van der Waals surface area contributed by atoms with Crippen molar-refractivity contribution in [1.29, 1.82) is 5.26 Å². The van der Waals surface area contributed by atoms with E-state index in [9.17, 15) is 5.26 Å². The summed E-state index contributed by atoms with van der Waals surface area (Å²) in [6, 6.07) is 22.0. The molecule has 3 heterocycles. The van der Waals surface area contributed by atoms with Gasteiger partial charge in [0.2, 0.25) is 0 Å². The van der Waals surface area contributed by atoms with Gasteiger partial charge in [-0.2, -0.15) is 5.26 Å². The van der Waals surface area contributed by atoms with E-state index in [1.807, 2.05) is 54.6 Å². The molecule has 5 nitrogen and oxygen atoms in total. The van der Waals surface area contributed by atoms with Crippen LogP contribution in [0.25, 0.3) is 44.2 Å². The van der Waals surface area contributed by atoms with Gasteiger partial charge < -0.3 is 9.40 Å². The number of fused-ring (bicyclic) bond motifs is 2. The quantitative estimate of drug-likeness (QED) is 0.364. The molecular weight excluding hydrogens is 324 g/mol. The van der Waals surface area contributed by atoms with Gasteiger partial charge in [0, 0.05) is 16.5 Å². The van der Waals surface area contributed by atoms with Crippen LogP contribution in [0.15, 0.2) is 65.1 Å². The summed E-state index contributed by atoms with van der Waals surface area (Å²) in [5.41, 5.74) is 4.19. The Morgan fingerprint density at radius 2 is 1.77 bits per heavy atom. The first-order chi connectivity index (χ1) is 12.8. The lowest BCUT2D eigenvalue weighted by Gasteiger charge is -2.10. The molecule has 122 valence electrons. The topological polar surface area (TPSA) is 91.2 Å². The molecule has 0 amide bonds. The number of benzene rings is 2. The lowest BCUT2D eigenvalue weighted by Crippen LogP contribution is -2.48. The summed E-state index contributed by atoms with van der Waals surface area (Å²) < 4.78 is 5.95. The van der Waals surface area contributed by atoms with Crippen LogP contribution in [0.1, 0.15) is 5.56 Å². The fourth-order valence-electron chi connectivity index (χ4n) is 3.40. The van der Waals surface area contributed by atoms with Crippen LogP contribution in [-0.2, 0) is 0 Å². The zero-order valence-corrected chi connectivity index (χ0v) is 13.7.